The van der Waals surface area contributed by atoms with Gasteiger partial charge in [0.15, 0.2) is 11.9 Å². The van der Waals surface area contributed by atoms with Gasteiger partial charge in [-0.25, -0.2) is 0 Å². The number of hydrogen-bond donors (Lipinski definition) is 0. The maximum atomic E-state index is 10.7. The van der Waals surface area contributed by atoms with E-state index in [4.69, 9.17) is 18.9 Å². The molecule has 0 saturated carbocycles. The monoisotopic (exact) mass is 228 g/mol. The SMILES string of the molecule is CC(=O)OC[C@H]1OC=C[C@H]2OC(C)(C)O[C@H]21. The van der Waals surface area contributed by atoms with E-state index in [0.717, 1.165) is 0 Å². The zero-order chi connectivity index (χ0) is 11.8. The molecule has 0 bridgehead atoms. The molecule has 2 aliphatic rings. The molecule has 0 N–H and O–H groups in total. The Labute approximate surface area is 94.3 Å². The van der Waals surface area contributed by atoms with Crippen LogP contribution in [0.15, 0.2) is 12.3 Å². The minimum Gasteiger partial charge on any atom is -0.492 e. The van der Waals surface area contributed by atoms with Crippen LogP contribution >= 0.6 is 0 Å². The predicted molar refractivity (Wildman–Crippen MR) is 54.5 cm³/mol. The molecule has 2 rings (SSSR count). The number of rotatable bonds is 2. The highest BCUT2D eigenvalue weighted by Gasteiger charge is 2.46. The van der Waals surface area contributed by atoms with Crippen molar-refractivity contribution in [2.24, 2.45) is 0 Å². The summed E-state index contributed by atoms with van der Waals surface area (Å²) >= 11 is 0. The molecule has 5 heteroatoms. The van der Waals surface area contributed by atoms with Crippen LogP contribution in [0.25, 0.3) is 0 Å². The molecule has 3 atom stereocenters. The van der Waals surface area contributed by atoms with E-state index in [-0.39, 0.29) is 30.9 Å². The molecule has 0 amide bonds. The van der Waals surface area contributed by atoms with Crippen LogP contribution in [0.2, 0.25) is 0 Å². The van der Waals surface area contributed by atoms with Gasteiger partial charge in [-0.05, 0) is 19.9 Å². The summed E-state index contributed by atoms with van der Waals surface area (Å²) in [5.74, 6) is -0.949. The molecule has 0 aromatic heterocycles. The van der Waals surface area contributed by atoms with Gasteiger partial charge >= 0.3 is 5.97 Å². The zero-order valence-electron chi connectivity index (χ0n) is 9.64. The standard InChI is InChI=1S/C11H16O5/c1-7(12)14-6-9-10-8(4-5-13-9)15-11(2,3)16-10/h4-5,8-10H,6H2,1-3H3/t8-,9-,10-/m1/s1. The fourth-order valence-corrected chi connectivity index (χ4v) is 1.89. The van der Waals surface area contributed by atoms with E-state index in [1.807, 2.05) is 19.9 Å². The largest absolute Gasteiger partial charge is 0.492 e. The van der Waals surface area contributed by atoms with Crippen LogP contribution in [0.3, 0.4) is 0 Å². The summed E-state index contributed by atoms with van der Waals surface area (Å²) in [7, 11) is 0. The Kier molecular flexibility index (Phi) is 2.90. The van der Waals surface area contributed by atoms with Crippen molar-refractivity contribution in [1.29, 1.82) is 0 Å². The van der Waals surface area contributed by atoms with Crippen molar-refractivity contribution in [3.63, 3.8) is 0 Å². The summed E-state index contributed by atoms with van der Waals surface area (Å²) in [4.78, 5) is 10.7. The van der Waals surface area contributed by atoms with Crippen molar-refractivity contribution in [2.75, 3.05) is 6.61 Å². The van der Waals surface area contributed by atoms with Gasteiger partial charge in [0.2, 0.25) is 0 Å². The van der Waals surface area contributed by atoms with E-state index in [1.165, 1.54) is 6.92 Å². The summed E-state index contributed by atoms with van der Waals surface area (Å²) in [6, 6.07) is 0. The van der Waals surface area contributed by atoms with Gasteiger partial charge in [0, 0.05) is 6.92 Å². The van der Waals surface area contributed by atoms with Crippen molar-refractivity contribution >= 4 is 5.97 Å². The summed E-state index contributed by atoms with van der Waals surface area (Å²) in [6.07, 6.45) is 2.72. The zero-order valence-corrected chi connectivity index (χ0v) is 9.64. The Morgan fingerprint density at radius 3 is 2.88 bits per heavy atom. The Morgan fingerprint density at radius 2 is 2.19 bits per heavy atom. The summed E-state index contributed by atoms with van der Waals surface area (Å²) in [6.45, 7) is 5.25. The molecular weight excluding hydrogens is 212 g/mol. The van der Waals surface area contributed by atoms with Crippen molar-refractivity contribution in [3.05, 3.63) is 12.3 Å². The molecule has 90 valence electrons. The van der Waals surface area contributed by atoms with Crippen LogP contribution in [-0.4, -0.2) is 36.7 Å². The topological polar surface area (TPSA) is 54.0 Å². The lowest BCUT2D eigenvalue weighted by Crippen LogP contribution is -2.41. The highest BCUT2D eigenvalue weighted by Crippen LogP contribution is 2.33. The molecule has 1 fully saturated rings. The van der Waals surface area contributed by atoms with Gasteiger partial charge in [-0.1, -0.05) is 0 Å². The van der Waals surface area contributed by atoms with Gasteiger partial charge < -0.3 is 18.9 Å². The van der Waals surface area contributed by atoms with Gasteiger partial charge in [0.05, 0.1) is 6.26 Å². The number of ether oxygens (including phenoxy) is 4. The number of carbonyl (C=O) groups is 1. The second kappa shape index (κ2) is 4.07. The molecular formula is C11H16O5. The minimum absolute atomic E-state index is 0.135. The second-order valence-corrected chi connectivity index (χ2v) is 4.37. The summed E-state index contributed by atoms with van der Waals surface area (Å²) in [5.41, 5.74) is 0. The van der Waals surface area contributed by atoms with E-state index >= 15 is 0 Å². The number of carbonyl (C=O) groups excluding carboxylic acids is 1. The van der Waals surface area contributed by atoms with Crippen molar-refractivity contribution in [1.82, 2.24) is 0 Å². The Morgan fingerprint density at radius 1 is 1.44 bits per heavy atom. The molecule has 16 heavy (non-hydrogen) atoms. The van der Waals surface area contributed by atoms with E-state index in [1.54, 1.807) is 6.26 Å². The normalized spacial score (nSPS) is 35.3. The maximum absolute atomic E-state index is 10.7. The summed E-state index contributed by atoms with van der Waals surface area (Å²) in [5, 5.41) is 0. The quantitative estimate of drug-likeness (QED) is 0.659. The summed E-state index contributed by atoms with van der Waals surface area (Å²) < 4.78 is 21.7. The Hall–Kier alpha value is -1.07. The first kappa shape index (κ1) is 11.4. The molecule has 1 saturated heterocycles. The highest BCUT2D eigenvalue weighted by atomic mass is 16.8. The minimum atomic E-state index is -0.623. The first-order valence-electron chi connectivity index (χ1n) is 5.29. The van der Waals surface area contributed by atoms with Crippen molar-refractivity contribution in [3.8, 4) is 0 Å². The molecule has 0 radical (unpaired) electrons. The molecule has 2 aliphatic heterocycles. The first-order valence-corrected chi connectivity index (χ1v) is 5.29. The lowest BCUT2D eigenvalue weighted by atomic mass is 10.1. The molecule has 0 aromatic carbocycles. The Bertz CT molecular complexity index is 309. The van der Waals surface area contributed by atoms with E-state index < -0.39 is 5.79 Å². The maximum Gasteiger partial charge on any atom is 0.302 e. The molecule has 0 aromatic rings. The highest BCUT2D eigenvalue weighted by molar-refractivity contribution is 5.65. The van der Waals surface area contributed by atoms with Gasteiger partial charge in [0.25, 0.3) is 0 Å². The lowest BCUT2D eigenvalue weighted by molar-refractivity contribution is -0.161. The molecule has 2 heterocycles. The van der Waals surface area contributed by atoms with Crippen LogP contribution in [0, 0.1) is 0 Å². The molecule has 0 spiro atoms. The van der Waals surface area contributed by atoms with Crippen LogP contribution in [0.4, 0.5) is 0 Å². The third-order valence-corrected chi connectivity index (χ3v) is 2.50. The third-order valence-electron chi connectivity index (χ3n) is 2.50. The number of fused-ring (bicyclic) bond motifs is 1. The second-order valence-electron chi connectivity index (χ2n) is 4.37. The number of hydrogen-bond acceptors (Lipinski definition) is 5. The van der Waals surface area contributed by atoms with Gasteiger partial charge in [-0.15, -0.1) is 0 Å². The van der Waals surface area contributed by atoms with E-state index in [9.17, 15) is 4.79 Å². The number of esters is 1. The van der Waals surface area contributed by atoms with Gasteiger partial charge in [-0.2, -0.15) is 0 Å². The van der Waals surface area contributed by atoms with Gasteiger partial charge in [-0.3, -0.25) is 4.79 Å². The Balaban J connectivity index is 2.00. The third kappa shape index (κ3) is 2.36. The fourth-order valence-electron chi connectivity index (χ4n) is 1.89. The molecule has 5 nitrogen and oxygen atoms in total. The van der Waals surface area contributed by atoms with Crippen molar-refractivity contribution in [2.45, 2.75) is 44.9 Å². The predicted octanol–water partition coefficient (Wildman–Crippen LogP) is 0.982. The smallest absolute Gasteiger partial charge is 0.302 e. The fraction of sp³-hybridized carbons (Fsp3) is 0.727. The first-order chi connectivity index (χ1) is 7.48. The van der Waals surface area contributed by atoms with Crippen LogP contribution < -0.4 is 0 Å². The van der Waals surface area contributed by atoms with Crippen LogP contribution in [0.1, 0.15) is 20.8 Å². The van der Waals surface area contributed by atoms with Crippen molar-refractivity contribution < 1.29 is 23.7 Å². The molecule has 0 unspecified atom stereocenters. The average Bonchev–Trinajstić information content (AvgIpc) is 2.48. The van der Waals surface area contributed by atoms with E-state index in [0.29, 0.717) is 0 Å². The average molecular weight is 228 g/mol. The lowest BCUT2D eigenvalue weighted by Gasteiger charge is -2.27. The van der Waals surface area contributed by atoms with Crippen LogP contribution in [-0.2, 0) is 23.7 Å². The van der Waals surface area contributed by atoms with Gasteiger partial charge in [0.1, 0.15) is 18.8 Å². The van der Waals surface area contributed by atoms with Crippen LogP contribution in [0.5, 0.6) is 0 Å². The van der Waals surface area contributed by atoms with E-state index in [2.05, 4.69) is 0 Å². The molecule has 0 aliphatic carbocycles.